The average Bonchev–Trinajstić information content (AvgIpc) is 2.39. The van der Waals surface area contributed by atoms with E-state index in [2.05, 4.69) is 33.8 Å². The van der Waals surface area contributed by atoms with E-state index in [-0.39, 0.29) is 18.8 Å². The molecule has 1 aromatic rings. The summed E-state index contributed by atoms with van der Waals surface area (Å²) in [5, 5.41) is 18.4. The summed E-state index contributed by atoms with van der Waals surface area (Å²) in [6.07, 6.45) is -0.188. The van der Waals surface area contributed by atoms with Crippen LogP contribution < -0.4 is 4.90 Å². The number of nitrogens with zero attached hydrogens (tertiary/aromatic N) is 2. The monoisotopic (exact) mass is 310 g/mol. The highest BCUT2D eigenvalue weighted by Crippen LogP contribution is 2.30. The Morgan fingerprint density at radius 2 is 2.39 bits per heavy atom. The lowest BCUT2D eigenvalue weighted by molar-refractivity contribution is -0.0103. The van der Waals surface area contributed by atoms with Gasteiger partial charge in [-0.25, -0.2) is 0 Å². The molecule has 1 aliphatic heterocycles. The zero-order valence-corrected chi connectivity index (χ0v) is 11.7. The third-order valence-electron chi connectivity index (χ3n) is 3.12. The van der Waals surface area contributed by atoms with E-state index in [1.807, 2.05) is 18.2 Å². The quantitative estimate of drug-likeness (QED) is 0.906. The van der Waals surface area contributed by atoms with Gasteiger partial charge in [0.25, 0.3) is 0 Å². The molecule has 0 aliphatic carbocycles. The van der Waals surface area contributed by atoms with Gasteiger partial charge in [-0.2, -0.15) is 5.26 Å². The molecule has 2 atom stereocenters. The van der Waals surface area contributed by atoms with Crippen molar-refractivity contribution in [2.75, 3.05) is 24.7 Å². The first-order chi connectivity index (χ1) is 8.67. The number of benzene rings is 1. The van der Waals surface area contributed by atoms with Crippen molar-refractivity contribution in [1.82, 2.24) is 0 Å². The number of aliphatic hydroxyl groups excluding tert-OH is 1. The molecule has 5 heteroatoms. The van der Waals surface area contributed by atoms with Crippen LogP contribution in [-0.2, 0) is 4.74 Å². The number of halogens is 1. The Morgan fingerprint density at radius 3 is 3.06 bits per heavy atom. The first-order valence-corrected chi connectivity index (χ1v) is 6.64. The van der Waals surface area contributed by atoms with Crippen LogP contribution in [-0.4, -0.2) is 37.0 Å². The fourth-order valence-electron chi connectivity index (χ4n) is 2.13. The number of nitriles is 1. The minimum atomic E-state index is -0.188. The summed E-state index contributed by atoms with van der Waals surface area (Å²) in [6, 6.07) is 8.11. The smallest absolute Gasteiger partial charge is 0.103 e. The van der Waals surface area contributed by atoms with Crippen LogP contribution in [0.4, 0.5) is 5.69 Å². The lowest BCUT2D eigenvalue weighted by Gasteiger charge is -2.39. The van der Waals surface area contributed by atoms with Crippen LogP contribution in [0.5, 0.6) is 0 Å². The molecule has 4 nitrogen and oxygen atoms in total. The third-order valence-corrected chi connectivity index (χ3v) is 3.78. The molecule has 0 saturated carbocycles. The molecule has 96 valence electrons. The van der Waals surface area contributed by atoms with Gasteiger partial charge in [0.15, 0.2) is 0 Å². The van der Waals surface area contributed by atoms with E-state index in [0.717, 1.165) is 10.2 Å². The maximum absolute atomic E-state index is 9.25. The number of aliphatic hydroxyl groups is 1. The largest absolute Gasteiger partial charge is 0.394 e. The number of ether oxygens (including phenoxy) is 1. The van der Waals surface area contributed by atoms with Gasteiger partial charge in [-0.3, -0.25) is 0 Å². The Balaban J connectivity index is 2.35. The molecule has 1 saturated heterocycles. The summed E-state index contributed by atoms with van der Waals surface area (Å²) in [6.45, 7) is 3.21. The predicted molar refractivity (Wildman–Crippen MR) is 72.5 cm³/mol. The van der Waals surface area contributed by atoms with Gasteiger partial charge < -0.3 is 14.7 Å². The van der Waals surface area contributed by atoms with Crippen LogP contribution in [0.15, 0.2) is 22.7 Å². The van der Waals surface area contributed by atoms with Crippen LogP contribution in [0.2, 0.25) is 0 Å². The molecule has 2 unspecified atom stereocenters. The zero-order chi connectivity index (χ0) is 13.1. The van der Waals surface area contributed by atoms with E-state index in [1.54, 1.807) is 0 Å². The fraction of sp³-hybridized carbons (Fsp3) is 0.462. The van der Waals surface area contributed by atoms with Crippen molar-refractivity contribution in [2.45, 2.75) is 19.1 Å². The topological polar surface area (TPSA) is 56.5 Å². The predicted octanol–water partition coefficient (Wildman–Crippen LogP) is 1.91. The Hall–Kier alpha value is -1.09. The van der Waals surface area contributed by atoms with Crippen LogP contribution in [0.25, 0.3) is 0 Å². The molecule has 0 amide bonds. The van der Waals surface area contributed by atoms with Gasteiger partial charge in [0.1, 0.15) is 6.07 Å². The van der Waals surface area contributed by atoms with Crippen molar-refractivity contribution in [3.8, 4) is 6.07 Å². The average molecular weight is 311 g/mol. The Morgan fingerprint density at radius 1 is 1.61 bits per heavy atom. The van der Waals surface area contributed by atoms with Crippen LogP contribution >= 0.6 is 15.9 Å². The van der Waals surface area contributed by atoms with E-state index < -0.39 is 0 Å². The minimum absolute atomic E-state index is 0.000883. The van der Waals surface area contributed by atoms with E-state index in [1.165, 1.54) is 0 Å². The normalized spacial score (nSPS) is 23.8. The fourth-order valence-corrected chi connectivity index (χ4v) is 2.57. The second-order valence-corrected chi connectivity index (χ2v) is 5.24. The Kier molecular flexibility index (Phi) is 4.23. The number of anilines is 1. The third kappa shape index (κ3) is 2.51. The SMILES string of the molecule is CC1COC(CO)CN1c1cccc(Br)c1C#N. The van der Waals surface area contributed by atoms with Crippen LogP contribution in [0.3, 0.4) is 0 Å². The molecular weight excluding hydrogens is 296 g/mol. The van der Waals surface area contributed by atoms with Crippen LogP contribution in [0.1, 0.15) is 12.5 Å². The molecule has 18 heavy (non-hydrogen) atoms. The van der Waals surface area contributed by atoms with Gasteiger partial charge in [0.2, 0.25) is 0 Å². The highest BCUT2D eigenvalue weighted by molar-refractivity contribution is 9.10. The van der Waals surface area contributed by atoms with Crippen molar-refractivity contribution >= 4 is 21.6 Å². The van der Waals surface area contributed by atoms with Gasteiger partial charge in [0.05, 0.1) is 30.6 Å². The molecule has 0 radical (unpaired) electrons. The molecule has 0 bridgehead atoms. The van der Waals surface area contributed by atoms with E-state index in [9.17, 15) is 10.4 Å². The number of morpholine rings is 1. The molecule has 1 aliphatic rings. The summed E-state index contributed by atoms with van der Waals surface area (Å²) in [7, 11) is 0. The van der Waals surface area contributed by atoms with Gasteiger partial charge in [-0.05, 0) is 35.0 Å². The molecule has 2 rings (SSSR count). The zero-order valence-electron chi connectivity index (χ0n) is 10.1. The molecule has 1 heterocycles. The minimum Gasteiger partial charge on any atom is -0.394 e. The second kappa shape index (κ2) is 5.70. The number of hydrogen-bond acceptors (Lipinski definition) is 4. The van der Waals surface area contributed by atoms with Crippen molar-refractivity contribution in [3.05, 3.63) is 28.2 Å². The van der Waals surface area contributed by atoms with Crippen LogP contribution in [0, 0.1) is 11.3 Å². The highest BCUT2D eigenvalue weighted by atomic mass is 79.9. The number of hydrogen-bond donors (Lipinski definition) is 1. The van der Waals surface area contributed by atoms with Crippen molar-refractivity contribution in [2.24, 2.45) is 0 Å². The summed E-state index contributed by atoms with van der Waals surface area (Å²) in [5.74, 6) is 0. The summed E-state index contributed by atoms with van der Waals surface area (Å²) in [4.78, 5) is 2.12. The molecular formula is C13H15BrN2O2. The van der Waals surface area contributed by atoms with Gasteiger partial charge >= 0.3 is 0 Å². The van der Waals surface area contributed by atoms with Gasteiger partial charge in [-0.15, -0.1) is 0 Å². The Labute approximate surface area is 115 Å². The molecule has 0 aromatic heterocycles. The summed E-state index contributed by atoms with van der Waals surface area (Å²) >= 11 is 3.40. The lowest BCUT2D eigenvalue weighted by Crippen LogP contribution is -2.49. The maximum Gasteiger partial charge on any atom is 0.103 e. The molecule has 1 N–H and O–H groups in total. The summed E-state index contributed by atoms with van der Waals surface area (Å²) in [5.41, 5.74) is 1.52. The first-order valence-electron chi connectivity index (χ1n) is 5.85. The molecule has 0 spiro atoms. The Bertz CT molecular complexity index is 473. The van der Waals surface area contributed by atoms with E-state index in [0.29, 0.717) is 18.7 Å². The van der Waals surface area contributed by atoms with Gasteiger partial charge in [-0.1, -0.05) is 6.07 Å². The van der Waals surface area contributed by atoms with Crippen molar-refractivity contribution < 1.29 is 9.84 Å². The second-order valence-electron chi connectivity index (χ2n) is 4.39. The first kappa shape index (κ1) is 13.3. The van der Waals surface area contributed by atoms with E-state index in [4.69, 9.17) is 4.74 Å². The van der Waals surface area contributed by atoms with Gasteiger partial charge in [0, 0.05) is 17.1 Å². The highest BCUT2D eigenvalue weighted by Gasteiger charge is 2.27. The van der Waals surface area contributed by atoms with Crippen molar-refractivity contribution in [3.63, 3.8) is 0 Å². The van der Waals surface area contributed by atoms with Crippen molar-refractivity contribution in [1.29, 1.82) is 5.26 Å². The number of rotatable bonds is 2. The molecule has 1 fully saturated rings. The maximum atomic E-state index is 9.25. The summed E-state index contributed by atoms with van der Waals surface area (Å²) < 4.78 is 6.30. The van der Waals surface area contributed by atoms with E-state index >= 15 is 0 Å². The standard InChI is InChI=1S/C13H15BrN2O2/c1-9-8-18-10(7-17)6-16(9)13-4-2-3-12(14)11(13)5-15/h2-4,9-10,17H,6-8H2,1H3. The lowest BCUT2D eigenvalue weighted by atomic mass is 10.1. The molecule has 1 aromatic carbocycles.